The number of aryl methyl sites for hydroxylation is 4. The molecule has 0 bridgehead atoms. The highest BCUT2D eigenvalue weighted by Gasteiger charge is 2.19. The molecule has 1 heterocycles. The Morgan fingerprint density at radius 2 is 0.765 bits per heavy atom. The lowest BCUT2D eigenvalue weighted by molar-refractivity contribution is 1.21. The summed E-state index contributed by atoms with van der Waals surface area (Å²) in [5.41, 5.74) is 12.8. The number of hydrogen-bond donors (Lipinski definition) is 0. The molecule has 0 aliphatic rings. The first-order valence-corrected chi connectivity index (χ1v) is 11.7. The van der Waals surface area contributed by atoms with Crippen LogP contribution in [-0.2, 0) is 0 Å². The van der Waals surface area contributed by atoms with Gasteiger partial charge in [-0.3, -0.25) is 0 Å². The van der Waals surface area contributed by atoms with Gasteiger partial charge in [-0.2, -0.15) is 0 Å². The average Bonchev–Trinajstić information content (AvgIpc) is 2.83. The maximum Gasteiger partial charge on any atom is 0.0973 e. The third-order valence-corrected chi connectivity index (χ3v) is 6.02. The molecule has 0 N–H and O–H groups in total. The Bertz CT molecular complexity index is 1460. The molecule has 0 spiro atoms. The Kier molecular flexibility index (Phi) is 5.81. The first kappa shape index (κ1) is 21.8. The maximum atomic E-state index is 5.36. The molecular formula is C32H28N2. The Morgan fingerprint density at radius 3 is 1.26 bits per heavy atom. The Morgan fingerprint density at radius 1 is 0.353 bits per heavy atom. The van der Waals surface area contributed by atoms with Gasteiger partial charge >= 0.3 is 0 Å². The van der Waals surface area contributed by atoms with Gasteiger partial charge in [-0.15, -0.1) is 0 Å². The molecule has 1 aromatic heterocycles. The van der Waals surface area contributed by atoms with Crippen molar-refractivity contribution in [3.63, 3.8) is 0 Å². The predicted octanol–water partition coefficient (Wildman–Crippen LogP) is 8.38. The molecule has 0 radical (unpaired) electrons. The van der Waals surface area contributed by atoms with Crippen LogP contribution in [0.5, 0.6) is 0 Å². The lowest BCUT2D eigenvalue weighted by Crippen LogP contribution is -2.01. The van der Waals surface area contributed by atoms with Crippen LogP contribution < -0.4 is 0 Å². The van der Waals surface area contributed by atoms with Gasteiger partial charge in [0.05, 0.1) is 22.8 Å². The quantitative estimate of drug-likeness (QED) is 0.280. The van der Waals surface area contributed by atoms with Gasteiger partial charge < -0.3 is 0 Å². The molecule has 0 amide bonds. The molecule has 2 heteroatoms. The van der Waals surface area contributed by atoms with Crippen LogP contribution in [0, 0.1) is 27.7 Å². The summed E-state index contributed by atoms with van der Waals surface area (Å²) in [5, 5.41) is 0. The Hall–Kier alpha value is -4.04. The average molecular weight is 441 g/mol. The summed E-state index contributed by atoms with van der Waals surface area (Å²) in [6, 6.07) is 34.0. The smallest absolute Gasteiger partial charge is 0.0973 e. The highest BCUT2D eigenvalue weighted by molar-refractivity contribution is 5.86. The number of aromatic nitrogens is 2. The predicted molar refractivity (Wildman–Crippen MR) is 143 cm³/mol. The third-order valence-electron chi connectivity index (χ3n) is 6.02. The molecule has 0 aliphatic carbocycles. The molecule has 0 aliphatic heterocycles. The summed E-state index contributed by atoms with van der Waals surface area (Å²) >= 11 is 0. The van der Waals surface area contributed by atoms with Crippen molar-refractivity contribution in [3.05, 3.63) is 119 Å². The minimum Gasteiger partial charge on any atom is -0.243 e. The molecule has 0 atom stereocenters. The van der Waals surface area contributed by atoms with Crippen molar-refractivity contribution in [1.82, 2.24) is 9.97 Å². The normalized spacial score (nSPS) is 10.9. The van der Waals surface area contributed by atoms with Crippen molar-refractivity contribution in [1.29, 1.82) is 0 Å². The molecule has 5 aromatic rings. The van der Waals surface area contributed by atoms with Crippen LogP contribution in [-0.4, -0.2) is 9.97 Å². The second kappa shape index (κ2) is 9.07. The van der Waals surface area contributed by atoms with Crippen molar-refractivity contribution >= 4 is 0 Å². The Balaban J connectivity index is 1.88. The van der Waals surface area contributed by atoms with Crippen LogP contribution in [0.2, 0.25) is 0 Å². The van der Waals surface area contributed by atoms with Gasteiger partial charge in [0, 0.05) is 22.3 Å². The highest BCUT2D eigenvalue weighted by atomic mass is 14.9. The molecule has 0 fully saturated rings. The van der Waals surface area contributed by atoms with Crippen molar-refractivity contribution < 1.29 is 0 Å². The minimum absolute atomic E-state index is 0.901. The zero-order valence-electron chi connectivity index (χ0n) is 20.1. The molecule has 4 aromatic carbocycles. The van der Waals surface area contributed by atoms with Gasteiger partial charge in [0.25, 0.3) is 0 Å². The SMILES string of the molecule is Cc1cccc(-c2nc(-c3ccccc3)c(-c3cc(C)cc(C)c3)nc2-c2cccc(C)c2)c1. The Labute approximate surface area is 202 Å². The summed E-state index contributed by atoms with van der Waals surface area (Å²) in [6.45, 7) is 8.50. The molecule has 0 saturated heterocycles. The molecule has 2 nitrogen and oxygen atoms in total. The van der Waals surface area contributed by atoms with E-state index in [1.54, 1.807) is 0 Å². The standard InChI is InChI=1S/C32H28N2/c1-21-10-8-14-26(17-21)30-31(27-15-9-11-22(2)18-27)34-32(28-19-23(3)16-24(4)20-28)29(33-30)25-12-6-5-7-13-25/h5-20H,1-4H3. The van der Waals surface area contributed by atoms with Gasteiger partial charge in [0.15, 0.2) is 0 Å². The van der Waals surface area contributed by atoms with E-state index in [4.69, 9.17) is 9.97 Å². The van der Waals surface area contributed by atoms with Crippen molar-refractivity contribution in [2.24, 2.45) is 0 Å². The molecule has 0 unspecified atom stereocenters. The molecule has 34 heavy (non-hydrogen) atoms. The fourth-order valence-corrected chi connectivity index (χ4v) is 4.53. The van der Waals surface area contributed by atoms with Gasteiger partial charge in [0.1, 0.15) is 0 Å². The van der Waals surface area contributed by atoms with E-state index in [2.05, 4.69) is 119 Å². The van der Waals surface area contributed by atoms with Crippen molar-refractivity contribution in [3.8, 4) is 45.0 Å². The van der Waals surface area contributed by atoms with Crippen molar-refractivity contribution in [2.75, 3.05) is 0 Å². The topological polar surface area (TPSA) is 25.8 Å². The summed E-state index contributed by atoms with van der Waals surface area (Å²) < 4.78 is 0. The van der Waals surface area contributed by atoms with E-state index < -0.39 is 0 Å². The first-order chi connectivity index (χ1) is 16.5. The van der Waals surface area contributed by atoms with E-state index >= 15 is 0 Å². The van der Waals surface area contributed by atoms with E-state index in [9.17, 15) is 0 Å². The lowest BCUT2D eigenvalue weighted by atomic mass is 9.97. The van der Waals surface area contributed by atoms with Crippen LogP contribution >= 0.6 is 0 Å². The van der Waals surface area contributed by atoms with E-state index in [0.717, 1.165) is 45.0 Å². The van der Waals surface area contributed by atoms with Crippen LogP contribution in [0.3, 0.4) is 0 Å². The zero-order chi connectivity index (χ0) is 23.7. The van der Waals surface area contributed by atoms with Crippen molar-refractivity contribution in [2.45, 2.75) is 27.7 Å². The van der Waals surface area contributed by atoms with E-state index in [1.165, 1.54) is 22.3 Å². The summed E-state index contributed by atoms with van der Waals surface area (Å²) in [5.74, 6) is 0. The fourth-order valence-electron chi connectivity index (χ4n) is 4.53. The fraction of sp³-hybridized carbons (Fsp3) is 0.125. The second-order valence-corrected chi connectivity index (χ2v) is 9.10. The van der Waals surface area contributed by atoms with Crippen LogP contribution in [0.1, 0.15) is 22.3 Å². The van der Waals surface area contributed by atoms with Gasteiger partial charge in [-0.25, -0.2) is 9.97 Å². The number of benzene rings is 4. The summed E-state index contributed by atoms with van der Waals surface area (Å²) in [7, 11) is 0. The summed E-state index contributed by atoms with van der Waals surface area (Å²) in [4.78, 5) is 10.7. The highest BCUT2D eigenvalue weighted by Crippen LogP contribution is 2.37. The van der Waals surface area contributed by atoms with E-state index in [-0.39, 0.29) is 0 Å². The number of nitrogens with zero attached hydrogens (tertiary/aromatic N) is 2. The molecule has 0 saturated carbocycles. The molecule has 166 valence electrons. The monoisotopic (exact) mass is 440 g/mol. The van der Waals surface area contributed by atoms with E-state index in [1.807, 2.05) is 6.07 Å². The zero-order valence-corrected chi connectivity index (χ0v) is 20.1. The van der Waals surface area contributed by atoms with Crippen LogP contribution in [0.4, 0.5) is 0 Å². The second-order valence-electron chi connectivity index (χ2n) is 9.10. The number of rotatable bonds is 4. The maximum absolute atomic E-state index is 5.36. The van der Waals surface area contributed by atoms with Gasteiger partial charge in [-0.05, 0) is 52.0 Å². The molecular weight excluding hydrogens is 412 g/mol. The van der Waals surface area contributed by atoms with Crippen LogP contribution in [0.15, 0.2) is 97.1 Å². The number of hydrogen-bond acceptors (Lipinski definition) is 2. The van der Waals surface area contributed by atoms with Gasteiger partial charge in [0.2, 0.25) is 0 Å². The van der Waals surface area contributed by atoms with Crippen LogP contribution in [0.25, 0.3) is 45.0 Å². The molecule has 5 rings (SSSR count). The summed E-state index contributed by atoms with van der Waals surface area (Å²) in [6.07, 6.45) is 0. The minimum atomic E-state index is 0.901. The van der Waals surface area contributed by atoms with Gasteiger partial charge in [-0.1, -0.05) is 95.1 Å². The lowest BCUT2D eigenvalue weighted by Gasteiger charge is -2.17. The first-order valence-electron chi connectivity index (χ1n) is 11.7. The third kappa shape index (κ3) is 4.40. The largest absolute Gasteiger partial charge is 0.243 e. The van der Waals surface area contributed by atoms with E-state index in [0.29, 0.717) is 0 Å².